The predicted octanol–water partition coefficient (Wildman–Crippen LogP) is 5.57. The van der Waals surface area contributed by atoms with Gasteiger partial charge in [0.15, 0.2) is 0 Å². The quantitative estimate of drug-likeness (QED) is 0.133. The molecular weight excluding hydrogens is 519 g/mol. The summed E-state index contributed by atoms with van der Waals surface area (Å²) in [6, 6.07) is 25.2. The number of nitriles is 1. The summed E-state index contributed by atoms with van der Waals surface area (Å²) in [7, 11) is 0. The van der Waals surface area contributed by atoms with Gasteiger partial charge in [-0.05, 0) is 66.6 Å². The Morgan fingerprint density at radius 1 is 1.05 bits per heavy atom. The van der Waals surface area contributed by atoms with E-state index in [4.69, 9.17) is 9.84 Å². The summed E-state index contributed by atoms with van der Waals surface area (Å²) in [5.74, 6) is -0.0907. The zero-order chi connectivity index (χ0) is 28.4. The summed E-state index contributed by atoms with van der Waals surface area (Å²) >= 11 is 0. The van der Waals surface area contributed by atoms with E-state index >= 15 is 0 Å². The maximum absolute atomic E-state index is 13.2. The van der Waals surface area contributed by atoms with Crippen LogP contribution >= 0.6 is 0 Å². The summed E-state index contributed by atoms with van der Waals surface area (Å²) in [6.45, 7) is 1.44. The summed E-state index contributed by atoms with van der Waals surface area (Å²) < 4.78 is 22.7. The molecule has 1 amide bonds. The number of nitrogens with zero attached hydrogens (tertiary/aromatic N) is 5. The van der Waals surface area contributed by atoms with Crippen LogP contribution in [0.5, 0.6) is 5.75 Å². The highest BCUT2D eigenvalue weighted by Crippen LogP contribution is 2.28. The van der Waals surface area contributed by atoms with Crippen molar-refractivity contribution in [1.29, 1.82) is 5.26 Å². The second kappa shape index (κ2) is 13.0. The first kappa shape index (κ1) is 27.1. The lowest BCUT2D eigenvalue weighted by Gasteiger charge is -2.07. The Balaban J connectivity index is 1.35. The summed E-state index contributed by atoms with van der Waals surface area (Å²) in [5, 5.41) is 17.4. The van der Waals surface area contributed by atoms with E-state index < -0.39 is 5.91 Å². The molecule has 1 N–H and O–H groups in total. The second-order valence-corrected chi connectivity index (χ2v) is 9.23. The molecule has 3 aromatic carbocycles. The molecule has 0 radical (unpaired) electrons. The number of halogens is 1. The van der Waals surface area contributed by atoms with E-state index in [1.165, 1.54) is 12.1 Å². The first-order chi connectivity index (χ1) is 20.1. The van der Waals surface area contributed by atoms with E-state index in [2.05, 4.69) is 10.3 Å². The van der Waals surface area contributed by atoms with Crippen LogP contribution in [0, 0.1) is 17.1 Å². The van der Waals surface area contributed by atoms with Gasteiger partial charge in [0.1, 0.15) is 29.8 Å². The number of ether oxygens (including phenoxy) is 1. The number of aryl methyl sites for hydroxylation is 1. The Morgan fingerprint density at radius 3 is 2.54 bits per heavy atom. The maximum atomic E-state index is 13.2. The molecule has 41 heavy (non-hydrogen) atoms. The number of amides is 1. The van der Waals surface area contributed by atoms with Gasteiger partial charge in [-0.1, -0.05) is 30.3 Å². The van der Waals surface area contributed by atoms with Crippen LogP contribution in [0.25, 0.3) is 23.0 Å². The molecule has 5 aromatic rings. The van der Waals surface area contributed by atoms with Crippen LogP contribution in [0.15, 0.2) is 109 Å². The monoisotopic (exact) mass is 546 g/mol. The topological polar surface area (TPSA) is 97.8 Å². The van der Waals surface area contributed by atoms with E-state index in [0.29, 0.717) is 43.1 Å². The van der Waals surface area contributed by atoms with Crippen LogP contribution in [0.2, 0.25) is 0 Å². The SMILES string of the molecule is N#CC(=Cc1cn(-c2ccccc2)nc1-c1ccc(OCc2ccc(F)cc2)cc1)C(=O)NCCCn1ccnc1. The normalized spacial score (nSPS) is 11.2. The highest BCUT2D eigenvalue weighted by Gasteiger charge is 2.15. The van der Waals surface area contributed by atoms with Gasteiger partial charge in [-0.2, -0.15) is 10.4 Å². The van der Waals surface area contributed by atoms with Crippen molar-refractivity contribution in [3.05, 3.63) is 126 Å². The number of hydrogen-bond acceptors (Lipinski definition) is 5. The molecule has 8 nitrogen and oxygen atoms in total. The van der Waals surface area contributed by atoms with Crippen molar-refractivity contribution in [2.45, 2.75) is 19.6 Å². The highest BCUT2D eigenvalue weighted by atomic mass is 19.1. The largest absolute Gasteiger partial charge is 0.489 e. The van der Waals surface area contributed by atoms with Crippen molar-refractivity contribution < 1.29 is 13.9 Å². The van der Waals surface area contributed by atoms with Gasteiger partial charge in [0, 0.05) is 42.8 Å². The third-order valence-electron chi connectivity index (χ3n) is 6.31. The molecule has 0 aliphatic heterocycles. The molecule has 0 atom stereocenters. The first-order valence-corrected chi connectivity index (χ1v) is 13.1. The summed E-state index contributed by atoms with van der Waals surface area (Å²) in [5.41, 5.74) is 3.71. The van der Waals surface area contributed by atoms with E-state index in [1.54, 1.807) is 41.6 Å². The molecule has 2 heterocycles. The number of carbonyl (C=O) groups excluding carboxylic acids is 1. The third-order valence-corrected chi connectivity index (χ3v) is 6.31. The minimum Gasteiger partial charge on any atom is -0.489 e. The smallest absolute Gasteiger partial charge is 0.261 e. The zero-order valence-electron chi connectivity index (χ0n) is 22.2. The molecule has 0 unspecified atom stereocenters. The lowest BCUT2D eigenvalue weighted by molar-refractivity contribution is -0.117. The molecule has 0 spiro atoms. The van der Waals surface area contributed by atoms with Crippen molar-refractivity contribution in [3.8, 4) is 28.8 Å². The van der Waals surface area contributed by atoms with Crippen molar-refractivity contribution in [2.75, 3.05) is 6.54 Å². The minimum absolute atomic E-state index is 0.0132. The van der Waals surface area contributed by atoms with Crippen LogP contribution in [-0.2, 0) is 17.9 Å². The Bertz CT molecular complexity index is 1650. The molecule has 0 saturated carbocycles. The number of rotatable bonds is 11. The number of aromatic nitrogens is 4. The van der Waals surface area contributed by atoms with Crippen LogP contribution in [0.1, 0.15) is 17.5 Å². The number of nitrogens with one attached hydrogen (secondary N) is 1. The van der Waals surface area contributed by atoms with Gasteiger partial charge in [0.2, 0.25) is 0 Å². The number of hydrogen-bond donors (Lipinski definition) is 1. The Labute approximate surface area is 237 Å². The van der Waals surface area contributed by atoms with Gasteiger partial charge in [-0.15, -0.1) is 0 Å². The standard InChI is InChI=1S/C32H27FN6O2/c33-28-11-7-24(8-12-28)22-41-30-13-9-25(10-14-30)31-27(21-39(37-31)29-5-2-1-3-6-29)19-26(20-34)32(40)36-15-4-17-38-18-16-35-23-38/h1-3,5-14,16,18-19,21,23H,4,15,17,22H2,(H,36,40). The Hall–Kier alpha value is -5.49. The van der Waals surface area contributed by atoms with E-state index in [-0.39, 0.29) is 11.4 Å². The van der Waals surface area contributed by atoms with Gasteiger partial charge < -0.3 is 14.6 Å². The fourth-order valence-electron chi connectivity index (χ4n) is 4.17. The molecule has 0 saturated heterocycles. The van der Waals surface area contributed by atoms with Crippen molar-refractivity contribution in [3.63, 3.8) is 0 Å². The zero-order valence-corrected chi connectivity index (χ0v) is 22.2. The van der Waals surface area contributed by atoms with Gasteiger partial charge in [-0.25, -0.2) is 14.1 Å². The summed E-state index contributed by atoms with van der Waals surface area (Å²) in [6.07, 6.45) is 9.35. The molecule has 2 aromatic heterocycles. The molecule has 9 heteroatoms. The highest BCUT2D eigenvalue weighted by molar-refractivity contribution is 6.02. The summed E-state index contributed by atoms with van der Waals surface area (Å²) in [4.78, 5) is 16.8. The van der Waals surface area contributed by atoms with Gasteiger partial charge in [0.25, 0.3) is 5.91 Å². The van der Waals surface area contributed by atoms with E-state index in [9.17, 15) is 14.4 Å². The molecule has 0 fully saturated rings. The molecule has 0 aliphatic carbocycles. The lowest BCUT2D eigenvalue weighted by atomic mass is 10.1. The van der Waals surface area contributed by atoms with Gasteiger partial charge >= 0.3 is 0 Å². The molecule has 5 rings (SSSR count). The van der Waals surface area contributed by atoms with Gasteiger partial charge in [0.05, 0.1) is 17.7 Å². The predicted molar refractivity (Wildman–Crippen MR) is 153 cm³/mol. The van der Waals surface area contributed by atoms with Crippen LogP contribution in [0.4, 0.5) is 4.39 Å². The fraction of sp³-hybridized carbons (Fsp3) is 0.125. The Morgan fingerprint density at radius 2 is 1.83 bits per heavy atom. The number of imidazole rings is 1. The van der Waals surface area contributed by atoms with Crippen molar-refractivity contribution in [1.82, 2.24) is 24.6 Å². The van der Waals surface area contributed by atoms with Crippen LogP contribution < -0.4 is 10.1 Å². The first-order valence-electron chi connectivity index (χ1n) is 13.1. The van der Waals surface area contributed by atoms with E-state index in [1.807, 2.05) is 71.4 Å². The van der Waals surface area contributed by atoms with Crippen LogP contribution in [-0.4, -0.2) is 31.8 Å². The minimum atomic E-state index is -0.443. The molecule has 204 valence electrons. The number of benzene rings is 3. The maximum Gasteiger partial charge on any atom is 0.261 e. The Kier molecular flexibility index (Phi) is 8.62. The molecule has 0 aliphatic rings. The number of carbonyl (C=O) groups is 1. The van der Waals surface area contributed by atoms with E-state index in [0.717, 1.165) is 16.8 Å². The average Bonchev–Trinajstić information content (AvgIpc) is 3.69. The second-order valence-electron chi connectivity index (χ2n) is 9.23. The van der Waals surface area contributed by atoms with Crippen LogP contribution in [0.3, 0.4) is 0 Å². The van der Waals surface area contributed by atoms with Crippen molar-refractivity contribution in [2.24, 2.45) is 0 Å². The average molecular weight is 547 g/mol. The molecular formula is C32H27FN6O2. The lowest BCUT2D eigenvalue weighted by Crippen LogP contribution is -2.26. The molecule has 0 bridgehead atoms. The number of para-hydroxylation sites is 1. The third kappa shape index (κ3) is 7.13. The van der Waals surface area contributed by atoms with Gasteiger partial charge in [-0.3, -0.25) is 4.79 Å². The van der Waals surface area contributed by atoms with Crippen molar-refractivity contribution >= 4 is 12.0 Å². The fourth-order valence-corrected chi connectivity index (χ4v) is 4.17.